The fourth-order valence-electron chi connectivity index (χ4n) is 4.88. The number of phenolic OH excluding ortho intramolecular Hbond substituents is 1. The molecule has 4 rings (SSSR count). The molecule has 0 radical (unpaired) electrons. The largest absolute Gasteiger partial charge is 0.508 e. The first kappa shape index (κ1) is 17.2. The van der Waals surface area contributed by atoms with Crippen LogP contribution < -0.4 is 10.3 Å². The van der Waals surface area contributed by atoms with Crippen molar-refractivity contribution in [2.45, 2.75) is 45.3 Å². The molecule has 0 bridgehead atoms. The van der Waals surface area contributed by atoms with E-state index in [9.17, 15) is 15.0 Å². The third kappa shape index (κ3) is 2.53. The molecule has 26 heavy (non-hydrogen) atoms. The average Bonchev–Trinajstić information content (AvgIpc) is 2.61. The zero-order chi connectivity index (χ0) is 18.6. The SMILES string of the molecule is C[C@H]1[C@H](O)[C@@H](C)C[C@@H]2[C@@H]1c1c(c(-c3ccc(O)cc3)c[nH]c1=O)O[C@H]2C. The standard InChI is InChI=1S/C21H25NO4/c1-10-8-15-12(3)26-20-16(13-4-6-14(23)7-5-13)9-22-21(25)18(20)17(15)11(2)19(10)24/h4-7,9-12,15,17,19,23-24H,8H2,1-3H3,(H,22,25)/t10-,11+,12-,15-,17+,19+/m0/s1. The molecule has 2 aliphatic rings. The molecule has 1 aromatic heterocycles. The van der Waals surface area contributed by atoms with Crippen LogP contribution in [0.3, 0.4) is 0 Å². The molecule has 0 spiro atoms. The number of ether oxygens (including phenoxy) is 1. The van der Waals surface area contributed by atoms with Gasteiger partial charge in [0.1, 0.15) is 11.5 Å². The normalized spacial score (nSPS) is 33.1. The summed E-state index contributed by atoms with van der Waals surface area (Å²) >= 11 is 0. The Morgan fingerprint density at radius 2 is 1.85 bits per heavy atom. The molecule has 1 aliphatic carbocycles. The van der Waals surface area contributed by atoms with E-state index < -0.39 is 6.10 Å². The number of rotatable bonds is 1. The molecule has 1 aromatic carbocycles. The number of aromatic hydroxyl groups is 1. The van der Waals surface area contributed by atoms with Gasteiger partial charge in [0, 0.05) is 23.6 Å². The zero-order valence-corrected chi connectivity index (χ0v) is 15.3. The van der Waals surface area contributed by atoms with E-state index in [1.165, 1.54) is 0 Å². The zero-order valence-electron chi connectivity index (χ0n) is 15.3. The highest BCUT2D eigenvalue weighted by Crippen LogP contribution is 2.52. The van der Waals surface area contributed by atoms with E-state index >= 15 is 0 Å². The van der Waals surface area contributed by atoms with Crippen molar-refractivity contribution in [3.05, 3.63) is 46.4 Å². The summed E-state index contributed by atoms with van der Waals surface area (Å²) in [7, 11) is 0. The first-order valence-electron chi connectivity index (χ1n) is 9.28. The highest BCUT2D eigenvalue weighted by Gasteiger charge is 2.48. The number of aliphatic hydroxyl groups excluding tert-OH is 1. The van der Waals surface area contributed by atoms with Gasteiger partial charge in [0.25, 0.3) is 5.56 Å². The molecule has 0 amide bonds. The molecule has 2 heterocycles. The summed E-state index contributed by atoms with van der Waals surface area (Å²) in [4.78, 5) is 15.6. The van der Waals surface area contributed by atoms with Gasteiger partial charge in [0.2, 0.25) is 0 Å². The number of hydrogen-bond donors (Lipinski definition) is 3. The molecule has 5 heteroatoms. The first-order valence-corrected chi connectivity index (χ1v) is 9.28. The Kier molecular flexibility index (Phi) is 4.07. The number of aliphatic hydroxyl groups is 1. The minimum Gasteiger partial charge on any atom is -0.508 e. The van der Waals surface area contributed by atoms with Crippen LogP contribution in [0, 0.1) is 17.8 Å². The number of hydrogen-bond acceptors (Lipinski definition) is 4. The van der Waals surface area contributed by atoms with Crippen molar-refractivity contribution in [2.75, 3.05) is 0 Å². The van der Waals surface area contributed by atoms with Crippen LogP contribution in [0.25, 0.3) is 11.1 Å². The van der Waals surface area contributed by atoms with Gasteiger partial charge in [0.15, 0.2) is 0 Å². The third-order valence-corrected chi connectivity index (χ3v) is 6.29. The van der Waals surface area contributed by atoms with Crippen LogP contribution in [-0.4, -0.2) is 27.4 Å². The van der Waals surface area contributed by atoms with E-state index in [2.05, 4.69) is 18.8 Å². The van der Waals surface area contributed by atoms with Crippen molar-refractivity contribution in [2.24, 2.45) is 17.8 Å². The van der Waals surface area contributed by atoms with Gasteiger partial charge in [-0.3, -0.25) is 4.79 Å². The number of aromatic amines is 1. The van der Waals surface area contributed by atoms with Gasteiger partial charge in [-0.1, -0.05) is 26.0 Å². The van der Waals surface area contributed by atoms with Crippen LogP contribution in [0.1, 0.15) is 38.7 Å². The number of aromatic nitrogens is 1. The fourth-order valence-corrected chi connectivity index (χ4v) is 4.88. The monoisotopic (exact) mass is 355 g/mol. The van der Waals surface area contributed by atoms with Gasteiger partial charge in [-0.25, -0.2) is 0 Å². The molecule has 3 N–H and O–H groups in total. The molecule has 6 atom stereocenters. The van der Waals surface area contributed by atoms with Gasteiger partial charge in [0.05, 0.1) is 17.8 Å². The summed E-state index contributed by atoms with van der Waals surface area (Å²) in [6.45, 7) is 6.16. The molecule has 0 unspecified atom stereocenters. The molecule has 1 fully saturated rings. The second-order valence-electron chi connectivity index (χ2n) is 7.90. The van der Waals surface area contributed by atoms with Crippen molar-refractivity contribution < 1.29 is 14.9 Å². The highest BCUT2D eigenvalue weighted by atomic mass is 16.5. The molecule has 2 aromatic rings. The summed E-state index contributed by atoms with van der Waals surface area (Å²) in [5, 5.41) is 20.2. The number of nitrogens with one attached hydrogen (secondary N) is 1. The van der Waals surface area contributed by atoms with Crippen LogP contribution in [0.4, 0.5) is 0 Å². The molecular weight excluding hydrogens is 330 g/mol. The molecule has 1 aliphatic heterocycles. The Labute approximate surface area is 152 Å². The molecule has 5 nitrogen and oxygen atoms in total. The van der Waals surface area contributed by atoms with Crippen molar-refractivity contribution in [3.8, 4) is 22.6 Å². The van der Waals surface area contributed by atoms with Crippen molar-refractivity contribution >= 4 is 0 Å². The van der Waals surface area contributed by atoms with Crippen LogP contribution in [0.15, 0.2) is 35.3 Å². The van der Waals surface area contributed by atoms with E-state index in [-0.39, 0.29) is 41.1 Å². The number of phenols is 1. The van der Waals surface area contributed by atoms with E-state index in [0.717, 1.165) is 17.5 Å². The van der Waals surface area contributed by atoms with Crippen molar-refractivity contribution in [3.63, 3.8) is 0 Å². The Hall–Kier alpha value is -2.27. The lowest BCUT2D eigenvalue weighted by Crippen LogP contribution is -2.49. The lowest BCUT2D eigenvalue weighted by molar-refractivity contribution is -0.0422. The molecule has 1 saturated carbocycles. The Morgan fingerprint density at radius 3 is 2.54 bits per heavy atom. The van der Waals surface area contributed by atoms with E-state index in [0.29, 0.717) is 11.3 Å². The Morgan fingerprint density at radius 1 is 1.15 bits per heavy atom. The van der Waals surface area contributed by atoms with Crippen molar-refractivity contribution in [1.82, 2.24) is 4.98 Å². The predicted octanol–water partition coefficient (Wildman–Crippen LogP) is 3.27. The third-order valence-electron chi connectivity index (χ3n) is 6.29. The first-order chi connectivity index (χ1) is 12.4. The number of pyridine rings is 1. The lowest BCUT2D eigenvalue weighted by Gasteiger charge is -2.48. The minimum absolute atomic E-state index is 0.00924. The van der Waals surface area contributed by atoms with E-state index in [1.807, 2.05) is 19.1 Å². The van der Waals surface area contributed by atoms with Crippen molar-refractivity contribution in [1.29, 1.82) is 0 Å². The molecular formula is C21H25NO4. The second kappa shape index (κ2) is 6.16. The van der Waals surface area contributed by atoms with Gasteiger partial charge in [-0.15, -0.1) is 0 Å². The minimum atomic E-state index is -0.425. The maximum Gasteiger partial charge on any atom is 0.255 e. The number of H-pyrrole nitrogens is 1. The Bertz CT molecular complexity index is 873. The number of fused-ring (bicyclic) bond motifs is 3. The van der Waals surface area contributed by atoms with Crippen LogP contribution in [0.5, 0.6) is 11.5 Å². The van der Waals surface area contributed by atoms with Gasteiger partial charge >= 0.3 is 0 Å². The Balaban J connectivity index is 1.89. The van der Waals surface area contributed by atoms with Crippen LogP contribution in [0.2, 0.25) is 0 Å². The smallest absolute Gasteiger partial charge is 0.255 e. The second-order valence-corrected chi connectivity index (χ2v) is 7.90. The van der Waals surface area contributed by atoms with E-state index in [4.69, 9.17) is 4.74 Å². The summed E-state index contributed by atoms with van der Waals surface area (Å²) < 4.78 is 6.27. The summed E-state index contributed by atoms with van der Waals surface area (Å²) in [6.07, 6.45) is 2.07. The van der Waals surface area contributed by atoms with Gasteiger partial charge in [-0.2, -0.15) is 0 Å². The topological polar surface area (TPSA) is 82.5 Å². The molecule has 0 saturated heterocycles. The van der Waals surface area contributed by atoms with Crippen LogP contribution in [-0.2, 0) is 0 Å². The summed E-state index contributed by atoms with van der Waals surface area (Å²) in [6, 6.07) is 6.86. The quantitative estimate of drug-likeness (QED) is 0.733. The van der Waals surface area contributed by atoms with Crippen LogP contribution >= 0.6 is 0 Å². The predicted molar refractivity (Wildman–Crippen MR) is 99.4 cm³/mol. The lowest BCUT2D eigenvalue weighted by atomic mass is 9.62. The van der Waals surface area contributed by atoms with E-state index in [1.54, 1.807) is 18.3 Å². The fraction of sp³-hybridized carbons (Fsp3) is 0.476. The summed E-state index contributed by atoms with van der Waals surface area (Å²) in [5.41, 5.74) is 2.19. The number of benzene rings is 1. The molecule has 138 valence electrons. The van der Waals surface area contributed by atoms with Gasteiger partial charge in [-0.05, 0) is 42.9 Å². The maximum atomic E-state index is 12.7. The average molecular weight is 355 g/mol. The highest BCUT2D eigenvalue weighted by molar-refractivity contribution is 5.72. The summed E-state index contributed by atoms with van der Waals surface area (Å²) in [5.74, 6) is 1.18. The maximum absolute atomic E-state index is 12.7. The van der Waals surface area contributed by atoms with Gasteiger partial charge < -0.3 is 19.9 Å².